The van der Waals surface area contributed by atoms with Crippen LogP contribution in [0.4, 0.5) is 5.82 Å². The molecule has 0 saturated heterocycles. The normalized spacial score (nSPS) is 10.7. The summed E-state index contributed by atoms with van der Waals surface area (Å²) in [4.78, 5) is 25.3. The number of benzene rings is 1. The van der Waals surface area contributed by atoms with Crippen LogP contribution in [0.15, 0.2) is 40.9 Å². The predicted molar refractivity (Wildman–Crippen MR) is 94.2 cm³/mol. The minimum Gasteiger partial charge on any atom is -0.494 e. The maximum absolute atomic E-state index is 12.1. The van der Waals surface area contributed by atoms with E-state index in [4.69, 9.17) is 9.26 Å². The molecule has 1 aromatic carbocycles. The Bertz CT molecular complexity index is 750. The topological polar surface area (TPSA) is 84.7 Å². The van der Waals surface area contributed by atoms with Crippen LogP contribution in [0, 0.1) is 6.92 Å². The SMILES string of the molecule is CCOc1ccc(/C=C/C(=O)N(C)CC(=O)Nc2cc(C)on2)cc1. The van der Waals surface area contributed by atoms with E-state index in [2.05, 4.69) is 10.5 Å². The number of nitrogens with zero attached hydrogens (tertiary/aromatic N) is 2. The highest BCUT2D eigenvalue weighted by molar-refractivity contribution is 5.97. The lowest BCUT2D eigenvalue weighted by molar-refractivity contribution is -0.129. The number of rotatable bonds is 7. The average Bonchev–Trinajstić information content (AvgIpc) is 2.98. The number of aromatic nitrogens is 1. The number of carbonyl (C=O) groups is 2. The van der Waals surface area contributed by atoms with Crippen molar-refractivity contribution >= 4 is 23.7 Å². The lowest BCUT2D eigenvalue weighted by atomic mass is 10.2. The van der Waals surface area contributed by atoms with E-state index in [1.165, 1.54) is 11.0 Å². The molecule has 1 aromatic heterocycles. The zero-order valence-corrected chi connectivity index (χ0v) is 14.5. The van der Waals surface area contributed by atoms with E-state index in [1.54, 1.807) is 26.1 Å². The second-order valence-electron chi connectivity index (χ2n) is 5.40. The Morgan fingerprint density at radius 3 is 2.64 bits per heavy atom. The molecule has 0 fully saturated rings. The molecule has 7 nitrogen and oxygen atoms in total. The van der Waals surface area contributed by atoms with Crippen LogP contribution in [0.25, 0.3) is 6.08 Å². The van der Waals surface area contributed by atoms with Crippen LogP contribution in [0.5, 0.6) is 5.75 Å². The third-order valence-electron chi connectivity index (χ3n) is 3.26. The Labute approximate surface area is 146 Å². The Morgan fingerprint density at radius 1 is 1.32 bits per heavy atom. The zero-order valence-electron chi connectivity index (χ0n) is 14.5. The molecule has 0 aliphatic rings. The molecule has 0 aliphatic heterocycles. The van der Waals surface area contributed by atoms with E-state index in [9.17, 15) is 9.59 Å². The van der Waals surface area contributed by atoms with E-state index in [0.29, 0.717) is 18.2 Å². The molecule has 0 spiro atoms. The molecule has 7 heteroatoms. The van der Waals surface area contributed by atoms with Crippen LogP contribution in [0.1, 0.15) is 18.2 Å². The lowest BCUT2D eigenvalue weighted by Crippen LogP contribution is -2.33. The highest BCUT2D eigenvalue weighted by Gasteiger charge is 2.12. The maximum atomic E-state index is 12.1. The highest BCUT2D eigenvalue weighted by Crippen LogP contribution is 2.13. The summed E-state index contributed by atoms with van der Waals surface area (Å²) in [6.07, 6.45) is 3.11. The molecule has 0 aliphatic carbocycles. The van der Waals surface area contributed by atoms with Gasteiger partial charge in [-0.05, 0) is 37.6 Å². The fourth-order valence-corrected chi connectivity index (χ4v) is 2.04. The quantitative estimate of drug-likeness (QED) is 0.781. The monoisotopic (exact) mass is 343 g/mol. The first-order valence-electron chi connectivity index (χ1n) is 7.87. The summed E-state index contributed by atoms with van der Waals surface area (Å²) in [5, 5.41) is 6.23. The summed E-state index contributed by atoms with van der Waals surface area (Å²) in [5.41, 5.74) is 0.868. The van der Waals surface area contributed by atoms with E-state index < -0.39 is 0 Å². The van der Waals surface area contributed by atoms with Crippen LogP contribution in [0.3, 0.4) is 0 Å². The van der Waals surface area contributed by atoms with Crippen molar-refractivity contribution in [3.05, 3.63) is 47.7 Å². The molecule has 0 saturated carbocycles. The third-order valence-corrected chi connectivity index (χ3v) is 3.26. The molecule has 132 valence electrons. The minimum absolute atomic E-state index is 0.0850. The number of ether oxygens (including phenoxy) is 1. The van der Waals surface area contributed by atoms with Gasteiger partial charge in [0, 0.05) is 19.2 Å². The minimum atomic E-state index is -0.349. The molecule has 0 radical (unpaired) electrons. The van der Waals surface area contributed by atoms with Crippen LogP contribution < -0.4 is 10.1 Å². The number of hydrogen-bond acceptors (Lipinski definition) is 5. The number of anilines is 1. The number of nitrogens with one attached hydrogen (secondary N) is 1. The number of carbonyl (C=O) groups excluding carboxylic acids is 2. The van der Waals surface area contributed by atoms with Crippen molar-refractivity contribution in [1.29, 1.82) is 0 Å². The van der Waals surface area contributed by atoms with Crippen molar-refractivity contribution in [2.75, 3.05) is 25.5 Å². The van der Waals surface area contributed by atoms with Gasteiger partial charge >= 0.3 is 0 Å². The second kappa shape index (κ2) is 8.68. The van der Waals surface area contributed by atoms with Crippen LogP contribution in [-0.2, 0) is 9.59 Å². The summed E-state index contributed by atoms with van der Waals surface area (Å²) in [6, 6.07) is 8.99. The molecule has 25 heavy (non-hydrogen) atoms. The van der Waals surface area contributed by atoms with E-state index in [-0.39, 0.29) is 18.4 Å². The average molecular weight is 343 g/mol. The number of amides is 2. The van der Waals surface area contributed by atoms with Crippen molar-refractivity contribution in [3.63, 3.8) is 0 Å². The smallest absolute Gasteiger partial charge is 0.246 e. The summed E-state index contributed by atoms with van der Waals surface area (Å²) < 4.78 is 10.2. The van der Waals surface area contributed by atoms with Crippen LogP contribution in [-0.4, -0.2) is 42.1 Å². The summed E-state index contributed by atoms with van der Waals surface area (Å²) in [5.74, 6) is 1.08. The van der Waals surface area contributed by atoms with Crippen LogP contribution >= 0.6 is 0 Å². The van der Waals surface area contributed by atoms with Crippen LogP contribution in [0.2, 0.25) is 0 Å². The van der Waals surface area contributed by atoms with Crippen molar-refractivity contribution in [2.24, 2.45) is 0 Å². The van der Waals surface area contributed by atoms with Crippen molar-refractivity contribution in [2.45, 2.75) is 13.8 Å². The molecule has 0 atom stereocenters. The summed E-state index contributed by atoms with van der Waals surface area (Å²) in [6.45, 7) is 4.17. The van der Waals surface area contributed by atoms with E-state index in [0.717, 1.165) is 11.3 Å². The fourth-order valence-electron chi connectivity index (χ4n) is 2.04. The molecule has 1 heterocycles. The van der Waals surface area contributed by atoms with Gasteiger partial charge in [0.05, 0.1) is 13.2 Å². The number of aryl methyl sites for hydroxylation is 1. The van der Waals surface area contributed by atoms with Gasteiger partial charge in [-0.3, -0.25) is 9.59 Å². The van der Waals surface area contributed by atoms with Gasteiger partial charge < -0.3 is 19.5 Å². The Kier molecular flexibility index (Phi) is 6.33. The fraction of sp³-hybridized carbons (Fsp3) is 0.278. The van der Waals surface area contributed by atoms with Gasteiger partial charge in [0.1, 0.15) is 11.5 Å². The zero-order chi connectivity index (χ0) is 18.2. The largest absolute Gasteiger partial charge is 0.494 e. The first-order chi connectivity index (χ1) is 12.0. The first-order valence-corrected chi connectivity index (χ1v) is 7.87. The Balaban J connectivity index is 1.85. The molecule has 2 aromatic rings. The van der Waals surface area contributed by atoms with Crippen molar-refractivity contribution < 1.29 is 18.8 Å². The van der Waals surface area contributed by atoms with Gasteiger partial charge in [-0.1, -0.05) is 17.3 Å². The van der Waals surface area contributed by atoms with E-state index in [1.807, 2.05) is 31.2 Å². The Hall–Kier alpha value is -3.09. The Morgan fingerprint density at radius 2 is 2.04 bits per heavy atom. The lowest BCUT2D eigenvalue weighted by Gasteiger charge is -2.13. The number of likely N-dealkylation sites (N-methyl/N-ethyl adjacent to an activating group) is 1. The van der Waals surface area contributed by atoms with Gasteiger partial charge in [0.25, 0.3) is 0 Å². The third kappa shape index (κ3) is 5.80. The predicted octanol–water partition coefficient (Wildman–Crippen LogP) is 2.49. The van der Waals surface area contributed by atoms with Gasteiger partial charge in [-0.15, -0.1) is 0 Å². The standard InChI is InChI=1S/C18H21N3O4/c1-4-24-15-8-5-14(6-9-15)7-10-18(23)21(3)12-17(22)19-16-11-13(2)25-20-16/h5-11H,4,12H2,1-3H3,(H,19,20,22)/b10-7+. The highest BCUT2D eigenvalue weighted by atomic mass is 16.5. The molecule has 1 N–H and O–H groups in total. The van der Waals surface area contributed by atoms with Crippen molar-refractivity contribution in [3.8, 4) is 5.75 Å². The van der Waals surface area contributed by atoms with Gasteiger partial charge in [-0.25, -0.2) is 0 Å². The summed E-state index contributed by atoms with van der Waals surface area (Å²) >= 11 is 0. The molecule has 0 bridgehead atoms. The molecular weight excluding hydrogens is 322 g/mol. The van der Waals surface area contributed by atoms with Gasteiger partial charge in [-0.2, -0.15) is 0 Å². The van der Waals surface area contributed by atoms with Gasteiger partial charge in [0.15, 0.2) is 5.82 Å². The maximum Gasteiger partial charge on any atom is 0.246 e. The second-order valence-corrected chi connectivity index (χ2v) is 5.40. The first kappa shape index (κ1) is 18.3. The van der Waals surface area contributed by atoms with E-state index >= 15 is 0 Å². The molecule has 0 unspecified atom stereocenters. The summed E-state index contributed by atoms with van der Waals surface area (Å²) in [7, 11) is 1.55. The van der Waals surface area contributed by atoms with Crippen molar-refractivity contribution in [1.82, 2.24) is 10.1 Å². The number of hydrogen-bond donors (Lipinski definition) is 1. The molecular formula is C18H21N3O4. The molecule has 2 amide bonds. The van der Waals surface area contributed by atoms with Gasteiger partial charge in [0.2, 0.25) is 11.8 Å². The molecule has 2 rings (SSSR count).